The Morgan fingerprint density at radius 3 is 2.33 bits per heavy atom. The Hall–Kier alpha value is -4.41. The Morgan fingerprint density at radius 2 is 1.69 bits per heavy atom. The van der Waals surface area contributed by atoms with E-state index in [-0.39, 0.29) is 23.9 Å². The Balaban J connectivity index is 1.43. The molecule has 4 amide bonds. The molecule has 4 rings (SSSR count). The zero-order valence-corrected chi connectivity index (χ0v) is 20.9. The third-order valence-electron chi connectivity index (χ3n) is 6.41. The quantitative estimate of drug-likeness (QED) is 0.378. The van der Waals surface area contributed by atoms with Crippen molar-refractivity contribution in [2.24, 2.45) is 0 Å². The molecule has 1 aliphatic rings. The number of anilines is 2. The lowest BCUT2D eigenvalue weighted by Gasteiger charge is -2.32. The predicted molar refractivity (Wildman–Crippen MR) is 139 cm³/mol. The molecule has 3 aromatic rings. The summed E-state index contributed by atoms with van der Waals surface area (Å²) in [5.74, 6) is -0.980. The van der Waals surface area contributed by atoms with Crippen LogP contribution in [0.5, 0.6) is 0 Å². The average Bonchev–Trinajstić information content (AvgIpc) is 2.90. The van der Waals surface area contributed by atoms with Crippen molar-refractivity contribution in [1.29, 1.82) is 0 Å². The number of halogens is 4. The standard InChI is InChI=1S/C28H26F4N4O3/c1-33-25(37)15-18-4-9-20(29)16-23(18)17-5-12-22(13-6-17)36-14-2-3-24(26(36)38)35-27(39)34-21-10-7-19(8-11-21)28(30,31)32/h4-13,16,24H,2-3,14-15H2,1H3,(H,33,37)(H2,34,35,39). The Morgan fingerprint density at radius 1 is 1.00 bits per heavy atom. The van der Waals surface area contributed by atoms with Gasteiger partial charge in [-0.05, 0) is 78.1 Å². The monoisotopic (exact) mass is 542 g/mol. The summed E-state index contributed by atoms with van der Waals surface area (Å²) >= 11 is 0. The van der Waals surface area contributed by atoms with E-state index in [2.05, 4.69) is 16.0 Å². The van der Waals surface area contributed by atoms with E-state index in [1.807, 2.05) is 0 Å². The summed E-state index contributed by atoms with van der Waals surface area (Å²) in [5.41, 5.74) is 1.80. The molecule has 1 aliphatic heterocycles. The van der Waals surface area contributed by atoms with Crippen molar-refractivity contribution in [3.63, 3.8) is 0 Å². The number of piperidine rings is 1. The zero-order chi connectivity index (χ0) is 28.2. The van der Waals surface area contributed by atoms with Gasteiger partial charge in [0.1, 0.15) is 11.9 Å². The van der Waals surface area contributed by atoms with E-state index in [0.717, 1.165) is 24.3 Å². The number of benzene rings is 3. The molecule has 3 aromatic carbocycles. The maximum atomic E-state index is 14.0. The lowest BCUT2D eigenvalue weighted by atomic mass is 9.96. The Bertz CT molecular complexity index is 1360. The molecule has 7 nitrogen and oxygen atoms in total. The number of amides is 4. The number of hydrogen-bond acceptors (Lipinski definition) is 3. The van der Waals surface area contributed by atoms with Crippen LogP contribution in [0.2, 0.25) is 0 Å². The van der Waals surface area contributed by atoms with Crippen molar-refractivity contribution in [3.05, 3.63) is 83.7 Å². The topological polar surface area (TPSA) is 90.5 Å². The van der Waals surface area contributed by atoms with Crippen molar-refractivity contribution in [2.45, 2.75) is 31.5 Å². The first-order chi connectivity index (χ1) is 18.5. The van der Waals surface area contributed by atoms with Crippen molar-refractivity contribution in [1.82, 2.24) is 10.6 Å². The molecule has 0 aliphatic carbocycles. The molecule has 3 N–H and O–H groups in total. The SMILES string of the molecule is CNC(=O)Cc1ccc(F)cc1-c1ccc(N2CCCC(NC(=O)Nc3ccc(C(F)(F)F)cc3)C2=O)cc1. The first-order valence-corrected chi connectivity index (χ1v) is 12.2. The van der Waals surface area contributed by atoms with Gasteiger partial charge in [0.2, 0.25) is 11.8 Å². The van der Waals surface area contributed by atoms with E-state index in [1.54, 1.807) is 30.3 Å². The fourth-order valence-corrected chi connectivity index (χ4v) is 4.39. The largest absolute Gasteiger partial charge is 0.416 e. The number of urea groups is 1. The second-order valence-electron chi connectivity index (χ2n) is 9.06. The number of likely N-dealkylation sites (N-methyl/N-ethyl adjacent to an activating group) is 1. The highest BCUT2D eigenvalue weighted by Gasteiger charge is 2.32. The number of hydrogen-bond donors (Lipinski definition) is 3. The maximum Gasteiger partial charge on any atom is 0.416 e. The number of carbonyl (C=O) groups is 3. The van der Waals surface area contributed by atoms with E-state index in [9.17, 15) is 31.9 Å². The first kappa shape index (κ1) is 27.6. The second-order valence-corrected chi connectivity index (χ2v) is 9.06. The number of carbonyl (C=O) groups excluding carboxylic acids is 3. The lowest BCUT2D eigenvalue weighted by Crippen LogP contribution is -2.53. The van der Waals surface area contributed by atoms with Gasteiger partial charge in [0.15, 0.2) is 0 Å². The minimum absolute atomic E-state index is 0.0837. The van der Waals surface area contributed by atoms with Gasteiger partial charge in [-0.1, -0.05) is 18.2 Å². The molecule has 39 heavy (non-hydrogen) atoms. The summed E-state index contributed by atoms with van der Waals surface area (Å²) in [5, 5.41) is 7.59. The van der Waals surface area contributed by atoms with Crippen LogP contribution in [0, 0.1) is 5.82 Å². The van der Waals surface area contributed by atoms with Gasteiger partial charge < -0.3 is 20.9 Å². The molecule has 11 heteroatoms. The van der Waals surface area contributed by atoms with Crippen LogP contribution in [0.25, 0.3) is 11.1 Å². The van der Waals surface area contributed by atoms with Crippen LogP contribution in [0.3, 0.4) is 0 Å². The average molecular weight is 543 g/mol. The van der Waals surface area contributed by atoms with Gasteiger partial charge in [0.05, 0.1) is 12.0 Å². The summed E-state index contributed by atoms with van der Waals surface area (Å²) in [4.78, 5) is 39.0. The molecule has 204 valence electrons. The molecule has 1 heterocycles. The third-order valence-corrected chi connectivity index (χ3v) is 6.41. The van der Waals surface area contributed by atoms with E-state index in [0.29, 0.717) is 41.8 Å². The molecule has 0 bridgehead atoms. The van der Waals surface area contributed by atoms with Crippen LogP contribution in [0.4, 0.5) is 33.7 Å². The second kappa shape index (κ2) is 11.5. The van der Waals surface area contributed by atoms with Gasteiger partial charge in [0.25, 0.3) is 0 Å². The van der Waals surface area contributed by atoms with Crippen LogP contribution in [0.1, 0.15) is 24.0 Å². The summed E-state index contributed by atoms with van der Waals surface area (Å²) in [6.07, 6.45) is -3.39. The number of alkyl halides is 3. The van der Waals surface area contributed by atoms with E-state index >= 15 is 0 Å². The fraction of sp³-hybridized carbons (Fsp3) is 0.250. The number of rotatable bonds is 6. The third kappa shape index (κ3) is 6.73. The smallest absolute Gasteiger partial charge is 0.359 e. The molecular formula is C28H26F4N4O3. The minimum Gasteiger partial charge on any atom is -0.359 e. The van der Waals surface area contributed by atoms with Crippen LogP contribution < -0.4 is 20.9 Å². The summed E-state index contributed by atoms with van der Waals surface area (Å²) in [6, 6.07) is 13.6. The number of nitrogens with one attached hydrogen (secondary N) is 3. The molecule has 0 radical (unpaired) electrons. The molecule has 1 unspecified atom stereocenters. The normalized spacial score (nSPS) is 15.6. The Kier molecular flexibility index (Phi) is 8.18. The summed E-state index contributed by atoms with van der Waals surface area (Å²) < 4.78 is 52.2. The van der Waals surface area contributed by atoms with Gasteiger partial charge in [-0.2, -0.15) is 13.2 Å². The highest BCUT2D eigenvalue weighted by Crippen LogP contribution is 2.31. The number of nitrogens with zero attached hydrogens (tertiary/aromatic N) is 1. The molecule has 1 fully saturated rings. The van der Waals surface area contributed by atoms with Gasteiger partial charge >= 0.3 is 12.2 Å². The first-order valence-electron chi connectivity index (χ1n) is 12.2. The van der Waals surface area contributed by atoms with Gasteiger partial charge in [0, 0.05) is 25.0 Å². The fourth-order valence-electron chi connectivity index (χ4n) is 4.39. The van der Waals surface area contributed by atoms with E-state index in [1.165, 1.54) is 24.1 Å². The molecule has 0 aromatic heterocycles. The minimum atomic E-state index is -4.48. The zero-order valence-electron chi connectivity index (χ0n) is 20.9. The van der Waals surface area contributed by atoms with E-state index < -0.39 is 29.6 Å². The van der Waals surface area contributed by atoms with Crippen molar-refractivity contribution >= 4 is 29.2 Å². The maximum absolute atomic E-state index is 14.0. The predicted octanol–water partition coefficient (Wildman–Crippen LogP) is 5.12. The molecule has 0 spiro atoms. The summed E-state index contributed by atoms with van der Waals surface area (Å²) in [7, 11) is 1.52. The van der Waals surface area contributed by atoms with Crippen LogP contribution >= 0.6 is 0 Å². The van der Waals surface area contributed by atoms with Crippen LogP contribution in [-0.4, -0.2) is 37.5 Å². The highest BCUT2D eigenvalue weighted by molar-refractivity contribution is 6.01. The van der Waals surface area contributed by atoms with E-state index in [4.69, 9.17) is 0 Å². The highest BCUT2D eigenvalue weighted by atomic mass is 19.4. The van der Waals surface area contributed by atoms with Crippen molar-refractivity contribution in [3.8, 4) is 11.1 Å². The Labute approximate surface area is 222 Å². The van der Waals surface area contributed by atoms with Gasteiger partial charge in [-0.15, -0.1) is 0 Å². The van der Waals surface area contributed by atoms with Crippen LogP contribution in [-0.2, 0) is 22.2 Å². The molecule has 1 saturated heterocycles. The van der Waals surface area contributed by atoms with Gasteiger partial charge in [-0.3, -0.25) is 9.59 Å². The van der Waals surface area contributed by atoms with Gasteiger partial charge in [-0.25, -0.2) is 9.18 Å². The van der Waals surface area contributed by atoms with Crippen LogP contribution in [0.15, 0.2) is 66.7 Å². The summed E-state index contributed by atoms with van der Waals surface area (Å²) in [6.45, 7) is 0.429. The van der Waals surface area contributed by atoms with Crippen molar-refractivity contribution in [2.75, 3.05) is 23.8 Å². The molecule has 0 saturated carbocycles. The molecular weight excluding hydrogens is 516 g/mol. The molecule has 1 atom stereocenters. The van der Waals surface area contributed by atoms with Crippen molar-refractivity contribution < 1.29 is 31.9 Å². The lowest BCUT2D eigenvalue weighted by molar-refractivity contribution is -0.137.